The van der Waals surface area contributed by atoms with Crippen LogP contribution < -0.4 is 10.2 Å². The van der Waals surface area contributed by atoms with Gasteiger partial charge in [0.15, 0.2) is 5.11 Å². The Morgan fingerprint density at radius 1 is 0.903 bits per heavy atom. The average molecular weight is 490 g/mol. The van der Waals surface area contributed by atoms with Gasteiger partial charge in [-0.25, -0.2) is 0 Å². The zero-order chi connectivity index (χ0) is 21.2. The van der Waals surface area contributed by atoms with Gasteiger partial charge in [-0.1, -0.05) is 28.1 Å². The van der Waals surface area contributed by atoms with E-state index in [2.05, 4.69) is 71.1 Å². The maximum absolute atomic E-state index is 5.81. The minimum atomic E-state index is -0.0743. The molecule has 4 aromatic rings. The Hall–Kier alpha value is -3.03. The van der Waals surface area contributed by atoms with Crippen molar-refractivity contribution in [2.24, 2.45) is 0 Å². The van der Waals surface area contributed by atoms with Crippen LogP contribution in [0.25, 0.3) is 0 Å². The van der Waals surface area contributed by atoms with Gasteiger partial charge in [-0.15, -0.1) is 0 Å². The van der Waals surface area contributed by atoms with Crippen molar-refractivity contribution < 1.29 is 0 Å². The Balaban J connectivity index is 1.60. The van der Waals surface area contributed by atoms with E-state index in [1.807, 2.05) is 60.9 Å². The summed E-state index contributed by atoms with van der Waals surface area (Å²) in [4.78, 5) is 11.3. The first-order valence-electron chi connectivity index (χ1n) is 10.0. The van der Waals surface area contributed by atoms with Gasteiger partial charge in [0, 0.05) is 34.4 Å². The highest BCUT2D eigenvalue weighted by atomic mass is 79.9. The quantitative estimate of drug-likeness (QED) is 0.387. The summed E-state index contributed by atoms with van der Waals surface area (Å²) in [6.07, 6.45) is 5.75. The van der Waals surface area contributed by atoms with Crippen LogP contribution in [0, 0.1) is 0 Å². The van der Waals surface area contributed by atoms with Crippen LogP contribution in [0.5, 0.6) is 0 Å². The highest BCUT2D eigenvalue weighted by Gasteiger charge is 2.42. The second kappa shape index (κ2) is 8.61. The smallest absolute Gasteiger partial charge is 0.174 e. The zero-order valence-electron chi connectivity index (χ0n) is 16.6. The summed E-state index contributed by atoms with van der Waals surface area (Å²) in [5.41, 5.74) is 4.16. The molecule has 5 nitrogen and oxygen atoms in total. The molecule has 5 rings (SSSR count). The molecule has 31 heavy (non-hydrogen) atoms. The van der Waals surface area contributed by atoms with Gasteiger partial charge >= 0.3 is 0 Å². The van der Waals surface area contributed by atoms with E-state index in [4.69, 9.17) is 12.2 Å². The lowest BCUT2D eigenvalue weighted by Crippen LogP contribution is -2.30. The summed E-state index contributed by atoms with van der Waals surface area (Å²) in [6, 6.07) is 24.3. The average Bonchev–Trinajstić information content (AvgIpc) is 3.39. The van der Waals surface area contributed by atoms with Crippen molar-refractivity contribution in [2.75, 3.05) is 4.90 Å². The van der Waals surface area contributed by atoms with Crippen molar-refractivity contribution in [2.45, 2.75) is 18.6 Å². The number of hydrogen-bond acceptors (Lipinski definition) is 3. The van der Waals surface area contributed by atoms with Crippen molar-refractivity contribution >= 4 is 38.9 Å². The molecular formula is C24H20BrN5S. The lowest BCUT2D eigenvalue weighted by atomic mass is 10.0. The second-order valence-electron chi connectivity index (χ2n) is 7.36. The number of rotatable bonds is 5. The Morgan fingerprint density at radius 3 is 2.39 bits per heavy atom. The van der Waals surface area contributed by atoms with E-state index in [1.165, 1.54) is 0 Å². The molecule has 0 bridgehead atoms. The van der Waals surface area contributed by atoms with E-state index in [-0.39, 0.29) is 12.1 Å². The van der Waals surface area contributed by atoms with Crippen LogP contribution >= 0.6 is 28.1 Å². The summed E-state index contributed by atoms with van der Waals surface area (Å²) in [6.45, 7) is 0.690. The zero-order valence-corrected chi connectivity index (χ0v) is 19.0. The molecule has 0 saturated carbocycles. The Morgan fingerprint density at radius 2 is 1.68 bits per heavy atom. The van der Waals surface area contributed by atoms with Crippen LogP contribution in [-0.4, -0.2) is 19.6 Å². The molecule has 7 heteroatoms. The molecule has 0 spiro atoms. The summed E-state index contributed by atoms with van der Waals surface area (Å²) in [7, 11) is 0. The molecule has 1 aliphatic rings. The first-order chi connectivity index (χ1) is 15.2. The molecule has 2 atom stereocenters. The summed E-state index contributed by atoms with van der Waals surface area (Å²) in [5.74, 6) is 0. The Kier molecular flexibility index (Phi) is 5.53. The molecule has 0 unspecified atom stereocenters. The number of nitrogens with zero attached hydrogens (tertiary/aromatic N) is 4. The molecule has 1 fully saturated rings. The number of anilines is 1. The predicted molar refractivity (Wildman–Crippen MR) is 130 cm³/mol. The third-order valence-corrected chi connectivity index (χ3v) is 6.27. The number of thiocarbonyl (C=S) groups is 1. The molecule has 4 heterocycles. The number of halogens is 1. The molecule has 1 aliphatic heterocycles. The number of benzene rings is 1. The maximum atomic E-state index is 5.81. The van der Waals surface area contributed by atoms with Crippen LogP contribution in [0.4, 0.5) is 5.69 Å². The Labute approximate surface area is 194 Å². The fourth-order valence-electron chi connectivity index (χ4n) is 4.04. The lowest BCUT2D eigenvalue weighted by molar-refractivity contribution is 0.532. The van der Waals surface area contributed by atoms with E-state index in [0.717, 1.165) is 27.2 Å². The van der Waals surface area contributed by atoms with E-state index in [1.54, 1.807) is 0 Å². The molecule has 1 aromatic carbocycles. The van der Waals surface area contributed by atoms with Crippen molar-refractivity contribution in [1.29, 1.82) is 0 Å². The number of pyridine rings is 2. The minimum absolute atomic E-state index is 0.0534. The van der Waals surface area contributed by atoms with E-state index in [0.29, 0.717) is 11.7 Å². The molecule has 0 amide bonds. The van der Waals surface area contributed by atoms with E-state index < -0.39 is 0 Å². The highest BCUT2D eigenvalue weighted by Crippen LogP contribution is 2.41. The third kappa shape index (κ3) is 3.98. The monoisotopic (exact) mass is 489 g/mol. The molecule has 3 aromatic heterocycles. The standard InChI is InChI=1S/C24H20BrN5S/c25-17-9-11-19(12-10-17)30-23(22(28-24(30)31)20-7-2-4-14-27-20)21-8-5-15-29(21)16-18-6-1-3-13-26-18/h1-15,22-23H,16H2,(H,28,31)/t22-,23+/m1/s1. The lowest BCUT2D eigenvalue weighted by Gasteiger charge is -2.29. The highest BCUT2D eigenvalue weighted by molar-refractivity contribution is 9.10. The van der Waals surface area contributed by atoms with Gasteiger partial charge in [0.05, 0.1) is 24.0 Å². The first-order valence-corrected chi connectivity index (χ1v) is 11.2. The van der Waals surface area contributed by atoms with Crippen molar-refractivity contribution in [3.63, 3.8) is 0 Å². The summed E-state index contributed by atoms with van der Waals surface area (Å²) >= 11 is 9.34. The van der Waals surface area contributed by atoms with Crippen molar-refractivity contribution in [3.05, 3.63) is 113 Å². The van der Waals surface area contributed by atoms with Gasteiger partial charge < -0.3 is 14.8 Å². The number of hydrogen-bond donors (Lipinski definition) is 1. The summed E-state index contributed by atoms with van der Waals surface area (Å²) in [5, 5.41) is 4.21. The topological polar surface area (TPSA) is 46.0 Å². The second-order valence-corrected chi connectivity index (χ2v) is 8.66. The number of aromatic nitrogens is 3. The molecule has 1 saturated heterocycles. The fourth-order valence-corrected chi connectivity index (χ4v) is 4.65. The van der Waals surface area contributed by atoms with Gasteiger partial charge in [0.25, 0.3) is 0 Å². The van der Waals surface area contributed by atoms with E-state index >= 15 is 0 Å². The first kappa shape index (κ1) is 19.9. The molecule has 154 valence electrons. The van der Waals surface area contributed by atoms with Crippen LogP contribution in [0.15, 0.2) is 95.9 Å². The molecular weight excluding hydrogens is 470 g/mol. The molecule has 0 aliphatic carbocycles. The molecule has 1 N–H and O–H groups in total. The van der Waals surface area contributed by atoms with E-state index in [9.17, 15) is 0 Å². The maximum Gasteiger partial charge on any atom is 0.174 e. The van der Waals surface area contributed by atoms with Gasteiger partial charge in [-0.2, -0.15) is 0 Å². The largest absolute Gasteiger partial charge is 0.351 e. The van der Waals surface area contributed by atoms with Crippen molar-refractivity contribution in [3.8, 4) is 0 Å². The van der Waals surface area contributed by atoms with Gasteiger partial charge in [0.2, 0.25) is 0 Å². The van der Waals surface area contributed by atoms with Crippen LogP contribution in [0.3, 0.4) is 0 Å². The molecule has 0 radical (unpaired) electrons. The van der Waals surface area contributed by atoms with Crippen LogP contribution in [0.1, 0.15) is 29.2 Å². The van der Waals surface area contributed by atoms with Gasteiger partial charge in [-0.3, -0.25) is 9.97 Å². The van der Waals surface area contributed by atoms with Crippen LogP contribution in [-0.2, 0) is 6.54 Å². The van der Waals surface area contributed by atoms with Gasteiger partial charge in [-0.05, 0) is 72.9 Å². The fraction of sp³-hybridized carbons (Fsp3) is 0.125. The number of nitrogens with one attached hydrogen (secondary N) is 1. The normalized spacial score (nSPS) is 18.2. The van der Waals surface area contributed by atoms with Crippen LogP contribution in [0.2, 0.25) is 0 Å². The summed E-state index contributed by atoms with van der Waals surface area (Å²) < 4.78 is 3.27. The minimum Gasteiger partial charge on any atom is -0.351 e. The predicted octanol–water partition coefficient (Wildman–Crippen LogP) is 5.27. The Bertz CT molecular complexity index is 1180. The van der Waals surface area contributed by atoms with Crippen molar-refractivity contribution in [1.82, 2.24) is 19.9 Å². The SMILES string of the molecule is S=C1N[C@H](c2ccccn2)[C@H](c2cccn2Cc2ccccn2)N1c1ccc(Br)cc1. The third-order valence-electron chi connectivity index (χ3n) is 5.43. The van der Waals surface area contributed by atoms with Gasteiger partial charge in [0.1, 0.15) is 6.04 Å².